The van der Waals surface area contributed by atoms with E-state index in [2.05, 4.69) is 0 Å². The molecule has 41 heavy (non-hydrogen) atoms. The monoisotopic (exact) mass is 578 g/mol. The van der Waals surface area contributed by atoms with Crippen molar-refractivity contribution in [2.75, 3.05) is 12.9 Å². The standard InChI is InChI=1S/C32H34O8S/c1-21(33)37-28-27(40-31(41-4)30(39-23(3)35)29(28)38-22(2)34)20-36-32(24-14-8-5-9-15-24,25-16-10-6-11-17-25)26-18-12-7-13-19-26/h5-19,27-31H,20H2,1-4H3/t27-,28-,29+,30-,31-/m1/s1. The van der Waals surface area contributed by atoms with Crippen LogP contribution in [-0.2, 0) is 43.7 Å². The SMILES string of the molecule is CS[C@H]1O[C@H](COC(c2ccccc2)(c2ccccc2)c2ccccc2)[C@@H](OC(C)=O)[C@H](OC(C)=O)[C@H]1OC(C)=O. The first-order valence-corrected chi connectivity index (χ1v) is 14.6. The lowest BCUT2D eigenvalue weighted by molar-refractivity contribution is -0.241. The minimum Gasteiger partial charge on any atom is -0.456 e. The number of hydrogen-bond donors (Lipinski definition) is 0. The van der Waals surface area contributed by atoms with Crippen molar-refractivity contribution in [3.63, 3.8) is 0 Å². The van der Waals surface area contributed by atoms with E-state index in [9.17, 15) is 14.4 Å². The molecular formula is C32H34O8S. The molecule has 0 aromatic heterocycles. The van der Waals surface area contributed by atoms with E-state index in [1.54, 1.807) is 6.26 Å². The van der Waals surface area contributed by atoms with E-state index < -0.39 is 53.4 Å². The number of thioether (sulfide) groups is 1. The lowest BCUT2D eigenvalue weighted by atomic mass is 9.80. The Balaban J connectivity index is 1.80. The van der Waals surface area contributed by atoms with Crippen molar-refractivity contribution < 1.29 is 38.1 Å². The Hall–Kier alpha value is -3.66. The fraction of sp³-hybridized carbons (Fsp3) is 0.344. The number of rotatable bonds is 10. The highest BCUT2D eigenvalue weighted by molar-refractivity contribution is 7.99. The molecule has 3 aromatic rings. The van der Waals surface area contributed by atoms with E-state index in [0.29, 0.717) is 0 Å². The quantitative estimate of drug-likeness (QED) is 0.189. The summed E-state index contributed by atoms with van der Waals surface area (Å²) in [4.78, 5) is 36.4. The van der Waals surface area contributed by atoms with Crippen molar-refractivity contribution in [2.24, 2.45) is 0 Å². The number of carbonyl (C=O) groups is 3. The first kappa shape index (κ1) is 30.3. The van der Waals surface area contributed by atoms with Crippen LogP contribution in [0, 0.1) is 0 Å². The zero-order valence-electron chi connectivity index (χ0n) is 23.4. The minimum atomic E-state index is -1.11. The van der Waals surface area contributed by atoms with Gasteiger partial charge < -0.3 is 23.7 Å². The van der Waals surface area contributed by atoms with Crippen LogP contribution in [0.3, 0.4) is 0 Å². The van der Waals surface area contributed by atoms with Gasteiger partial charge >= 0.3 is 17.9 Å². The molecule has 9 heteroatoms. The molecule has 1 saturated heterocycles. The van der Waals surface area contributed by atoms with Crippen molar-refractivity contribution >= 4 is 29.7 Å². The summed E-state index contributed by atoms with van der Waals surface area (Å²) in [5, 5.41) is 0. The van der Waals surface area contributed by atoms with E-state index in [1.807, 2.05) is 91.0 Å². The molecule has 1 aliphatic rings. The van der Waals surface area contributed by atoms with E-state index >= 15 is 0 Å². The van der Waals surface area contributed by atoms with Crippen LogP contribution in [0.25, 0.3) is 0 Å². The Bertz CT molecular complexity index is 1200. The average molecular weight is 579 g/mol. The van der Waals surface area contributed by atoms with E-state index in [0.717, 1.165) is 16.7 Å². The minimum absolute atomic E-state index is 0.0573. The molecule has 216 valence electrons. The second kappa shape index (κ2) is 13.8. The summed E-state index contributed by atoms with van der Waals surface area (Å²) >= 11 is 1.29. The molecule has 1 aliphatic heterocycles. The van der Waals surface area contributed by atoms with E-state index in [1.165, 1.54) is 32.5 Å². The molecule has 0 amide bonds. The van der Waals surface area contributed by atoms with Gasteiger partial charge in [0.15, 0.2) is 18.3 Å². The van der Waals surface area contributed by atoms with Gasteiger partial charge in [0.1, 0.15) is 17.1 Å². The van der Waals surface area contributed by atoms with Gasteiger partial charge in [-0.1, -0.05) is 91.0 Å². The van der Waals surface area contributed by atoms with Crippen LogP contribution < -0.4 is 0 Å². The molecule has 0 radical (unpaired) electrons. The Morgan fingerprint density at radius 3 is 1.44 bits per heavy atom. The van der Waals surface area contributed by atoms with Gasteiger partial charge in [0, 0.05) is 20.8 Å². The molecule has 5 atom stereocenters. The molecule has 3 aromatic carbocycles. The zero-order chi connectivity index (χ0) is 29.4. The van der Waals surface area contributed by atoms with Crippen molar-refractivity contribution in [3.8, 4) is 0 Å². The van der Waals surface area contributed by atoms with Crippen LogP contribution in [0.2, 0.25) is 0 Å². The number of hydrogen-bond acceptors (Lipinski definition) is 9. The highest BCUT2D eigenvalue weighted by atomic mass is 32.2. The lowest BCUT2D eigenvalue weighted by Gasteiger charge is -2.45. The molecule has 0 saturated carbocycles. The van der Waals surface area contributed by atoms with E-state index in [-0.39, 0.29) is 6.61 Å². The van der Waals surface area contributed by atoms with Crippen molar-refractivity contribution in [1.82, 2.24) is 0 Å². The maximum Gasteiger partial charge on any atom is 0.303 e. The summed E-state index contributed by atoms with van der Waals surface area (Å²) in [6.07, 6.45) is -2.31. The van der Waals surface area contributed by atoms with Crippen molar-refractivity contribution in [2.45, 2.75) is 56.2 Å². The molecule has 0 spiro atoms. The third kappa shape index (κ3) is 6.98. The molecule has 8 nitrogen and oxygen atoms in total. The number of carbonyl (C=O) groups excluding carboxylic acids is 3. The normalized spacial score (nSPS) is 22.4. The highest BCUT2D eigenvalue weighted by Gasteiger charge is 2.52. The maximum absolute atomic E-state index is 12.3. The van der Waals surface area contributed by atoms with Crippen LogP contribution in [0.5, 0.6) is 0 Å². The molecule has 0 N–H and O–H groups in total. The van der Waals surface area contributed by atoms with Gasteiger partial charge in [-0.2, -0.15) is 0 Å². The number of benzene rings is 3. The van der Waals surface area contributed by atoms with Crippen LogP contribution in [0.15, 0.2) is 91.0 Å². The van der Waals surface area contributed by atoms with Gasteiger partial charge in [-0.05, 0) is 22.9 Å². The summed E-state index contributed by atoms with van der Waals surface area (Å²) < 4.78 is 30.1. The summed E-state index contributed by atoms with van der Waals surface area (Å²) in [5.41, 5.74) is 0.865. The predicted octanol–water partition coefficient (Wildman–Crippen LogP) is 4.88. The Morgan fingerprint density at radius 1 is 0.659 bits per heavy atom. The molecule has 0 bridgehead atoms. The van der Waals surface area contributed by atoms with Gasteiger partial charge in [-0.3, -0.25) is 14.4 Å². The average Bonchev–Trinajstić information content (AvgIpc) is 2.97. The van der Waals surface area contributed by atoms with Gasteiger partial charge in [0.2, 0.25) is 0 Å². The van der Waals surface area contributed by atoms with E-state index in [4.69, 9.17) is 23.7 Å². The second-order valence-electron chi connectivity index (χ2n) is 9.59. The zero-order valence-corrected chi connectivity index (χ0v) is 24.2. The Labute approximate surface area is 244 Å². The second-order valence-corrected chi connectivity index (χ2v) is 10.5. The molecule has 1 fully saturated rings. The molecule has 0 unspecified atom stereocenters. The lowest BCUT2D eigenvalue weighted by Crippen LogP contribution is -2.61. The van der Waals surface area contributed by atoms with Gasteiger partial charge in [0.05, 0.1) is 6.61 Å². The number of esters is 3. The summed E-state index contributed by atoms with van der Waals surface area (Å²) in [7, 11) is 0. The largest absolute Gasteiger partial charge is 0.456 e. The van der Waals surface area contributed by atoms with Crippen molar-refractivity contribution in [3.05, 3.63) is 108 Å². The van der Waals surface area contributed by atoms with Gasteiger partial charge in [0.25, 0.3) is 0 Å². The molecule has 0 aliphatic carbocycles. The highest BCUT2D eigenvalue weighted by Crippen LogP contribution is 2.42. The first-order chi connectivity index (χ1) is 19.8. The third-order valence-corrected chi connectivity index (χ3v) is 7.58. The fourth-order valence-electron chi connectivity index (χ4n) is 5.15. The molecule has 1 heterocycles. The predicted molar refractivity (Wildman–Crippen MR) is 154 cm³/mol. The summed E-state index contributed by atoms with van der Waals surface area (Å²) in [5.74, 6) is -1.80. The molecular weight excluding hydrogens is 544 g/mol. The fourth-order valence-corrected chi connectivity index (χ4v) is 5.89. The van der Waals surface area contributed by atoms with Crippen LogP contribution in [0.1, 0.15) is 37.5 Å². The first-order valence-electron chi connectivity index (χ1n) is 13.3. The van der Waals surface area contributed by atoms with Gasteiger partial charge in [-0.25, -0.2) is 0 Å². The van der Waals surface area contributed by atoms with Crippen molar-refractivity contribution in [1.29, 1.82) is 0 Å². The van der Waals surface area contributed by atoms with Crippen LogP contribution in [-0.4, -0.2) is 60.6 Å². The van der Waals surface area contributed by atoms with Crippen LogP contribution in [0.4, 0.5) is 0 Å². The Kier molecular flexibility index (Phi) is 10.2. The van der Waals surface area contributed by atoms with Gasteiger partial charge in [-0.15, -0.1) is 11.8 Å². The summed E-state index contributed by atoms with van der Waals surface area (Å²) in [6, 6.07) is 29.5. The maximum atomic E-state index is 12.3. The topological polar surface area (TPSA) is 97.4 Å². The third-order valence-electron chi connectivity index (χ3n) is 6.73. The smallest absolute Gasteiger partial charge is 0.303 e. The summed E-state index contributed by atoms with van der Waals surface area (Å²) in [6.45, 7) is 3.70. The number of ether oxygens (including phenoxy) is 5. The Morgan fingerprint density at radius 2 is 1.05 bits per heavy atom. The van der Waals surface area contributed by atoms with Crippen LogP contribution >= 0.6 is 11.8 Å². The molecule has 4 rings (SSSR count).